The molecular formula is C26H22N4O3. The Hall–Kier alpha value is -4.44. The molecule has 1 unspecified atom stereocenters. The van der Waals surface area contributed by atoms with Crippen molar-refractivity contribution in [2.75, 3.05) is 0 Å². The molecule has 1 atom stereocenters. The number of nitrogens with zero attached hydrogens (tertiary/aromatic N) is 3. The Labute approximate surface area is 191 Å². The van der Waals surface area contributed by atoms with E-state index in [2.05, 4.69) is 11.2 Å². The Morgan fingerprint density at radius 3 is 2.58 bits per heavy atom. The zero-order valence-corrected chi connectivity index (χ0v) is 18.3. The molecule has 5 rings (SSSR count). The van der Waals surface area contributed by atoms with Gasteiger partial charge in [0.05, 0.1) is 22.9 Å². The van der Waals surface area contributed by atoms with Crippen LogP contribution in [0.1, 0.15) is 34.3 Å². The van der Waals surface area contributed by atoms with E-state index in [1.165, 1.54) is 0 Å². The van der Waals surface area contributed by atoms with Gasteiger partial charge in [-0.3, -0.25) is 0 Å². The number of aromatic nitrogens is 2. The third-order valence-electron chi connectivity index (χ3n) is 5.66. The minimum Gasteiger partial charge on any atom is -0.485 e. The summed E-state index contributed by atoms with van der Waals surface area (Å²) in [5, 5.41) is 14.5. The van der Waals surface area contributed by atoms with E-state index in [1.54, 1.807) is 4.68 Å². The van der Waals surface area contributed by atoms with E-state index in [9.17, 15) is 5.26 Å². The number of ether oxygens (including phenoxy) is 2. The van der Waals surface area contributed by atoms with Gasteiger partial charge in [-0.25, -0.2) is 4.68 Å². The number of furan rings is 1. The molecule has 0 saturated carbocycles. The molecule has 2 N–H and O–H groups in total. The van der Waals surface area contributed by atoms with Crippen molar-refractivity contribution < 1.29 is 13.9 Å². The van der Waals surface area contributed by atoms with Crippen molar-refractivity contribution in [1.29, 1.82) is 5.26 Å². The van der Waals surface area contributed by atoms with Crippen LogP contribution in [0.25, 0.3) is 5.69 Å². The predicted octanol–water partition coefficient (Wildman–Crippen LogP) is 4.88. The quantitative estimate of drug-likeness (QED) is 0.477. The van der Waals surface area contributed by atoms with Gasteiger partial charge in [0.2, 0.25) is 11.8 Å². The largest absolute Gasteiger partial charge is 0.485 e. The van der Waals surface area contributed by atoms with Crippen LogP contribution in [0.15, 0.2) is 82.6 Å². The molecule has 2 aromatic heterocycles. The summed E-state index contributed by atoms with van der Waals surface area (Å²) in [6.07, 6.45) is 0. The van der Waals surface area contributed by atoms with Gasteiger partial charge in [0, 0.05) is 0 Å². The summed E-state index contributed by atoms with van der Waals surface area (Å²) in [6, 6.07) is 23.3. The molecule has 3 heterocycles. The maximum absolute atomic E-state index is 9.86. The van der Waals surface area contributed by atoms with Gasteiger partial charge in [-0.15, -0.1) is 0 Å². The maximum Gasteiger partial charge on any atom is 0.229 e. The lowest BCUT2D eigenvalue weighted by molar-refractivity contribution is 0.263. The van der Waals surface area contributed by atoms with Crippen LogP contribution in [0, 0.1) is 25.2 Å². The fraction of sp³-hybridized carbons (Fsp3) is 0.154. The first-order valence-corrected chi connectivity index (χ1v) is 10.6. The van der Waals surface area contributed by atoms with Crippen LogP contribution in [-0.4, -0.2) is 9.78 Å². The molecule has 0 radical (unpaired) electrons. The Morgan fingerprint density at radius 1 is 1.06 bits per heavy atom. The van der Waals surface area contributed by atoms with Crippen LogP contribution in [-0.2, 0) is 6.61 Å². The number of para-hydroxylation sites is 2. The third kappa shape index (κ3) is 3.62. The van der Waals surface area contributed by atoms with Crippen molar-refractivity contribution in [3.8, 4) is 23.4 Å². The number of aryl methyl sites for hydroxylation is 2. The summed E-state index contributed by atoms with van der Waals surface area (Å²) in [4.78, 5) is 0. The zero-order valence-electron chi connectivity index (χ0n) is 18.3. The Morgan fingerprint density at radius 2 is 1.82 bits per heavy atom. The Kier molecular flexibility index (Phi) is 5.11. The molecule has 0 aliphatic carbocycles. The predicted molar refractivity (Wildman–Crippen MR) is 122 cm³/mol. The van der Waals surface area contributed by atoms with Gasteiger partial charge in [0.1, 0.15) is 35.5 Å². The average Bonchev–Trinajstić information content (AvgIpc) is 3.43. The van der Waals surface area contributed by atoms with Crippen LogP contribution in [0.2, 0.25) is 0 Å². The molecule has 0 fully saturated rings. The average molecular weight is 438 g/mol. The lowest BCUT2D eigenvalue weighted by atomic mass is 9.88. The zero-order chi connectivity index (χ0) is 22.9. The summed E-state index contributed by atoms with van der Waals surface area (Å²) in [5.74, 6) is 2.02. The molecule has 164 valence electrons. The summed E-state index contributed by atoms with van der Waals surface area (Å²) >= 11 is 0. The molecule has 0 amide bonds. The Balaban J connectivity index is 1.52. The van der Waals surface area contributed by atoms with Crippen LogP contribution in [0.5, 0.6) is 11.6 Å². The van der Waals surface area contributed by atoms with Crippen LogP contribution >= 0.6 is 0 Å². The summed E-state index contributed by atoms with van der Waals surface area (Å²) in [7, 11) is 0. The van der Waals surface area contributed by atoms with Gasteiger partial charge in [-0.05, 0) is 49.7 Å². The smallest absolute Gasteiger partial charge is 0.229 e. The Bertz CT molecular complexity index is 1390. The summed E-state index contributed by atoms with van der Waals surface area (Å²) in [5.41, 5.74) is 9.83. The number of rotatable bonds is 5. The molecule has 1 aliphatic heterocycles. The fourth-order valence-electron chi connectivity index (χ4n) is 4.04. The van der Waals surface area contributed by atoms with Gasteiger partial charge in [-0.1, -0.05) is 36.4 Å². The third-order valence-corrected chi connectivity index (χ3v) is 5.66. The highest BCUT2D eigenvalue weighted by Crippen LogP contribution is 2.45. The second kappa shape index (κ2) is 8.24. The highest BCUT2D eigenvalue weighted by Gasteiger charge is 2.38. The molecule has 4 aromatic rings. The molecule has 7 nitrogen and oxygen atoms in total. The van der Waals surface area contributed by atoms with Crippen molar-refractivity contribution in [1.82, 2.24) is 9.78 Å². The molecule has 0 bridgehead atoms. The second-order valence-corrected chi connectivity index (χ2v) is 7.83. The monoisotopic (exact) mass is 438 g/mol. The molecule has 0 saturated heterocycles. The first kappa shape index (κ1) is 20.5. The van der Waals surface area contributed by atoms with Crippen LogP contribution < -0.4 is 15.2 Å². The van der Waals surface area contributed by atoms with Gasteiger partial charge < -0.3 is 19.6 Å². The van der Waals surface area contributed by atoms with Crippen molar-refractivity contribution in [2.24, 2.45) is 5.73 Å². The van der Waals surface area contributed by atoms with E-state index in [1.807, 2.05) is 80.6 Å². The van der Waals surface area contributed by atoms with E-state index in [0.29, 0.717) is 23.0 Å². The second-order valence-electron chi connectivity index (χ2n) is 7.83. The van der Waals surface area contributed by atoms with E-state index < -0.39 is 5.92 Å². The highest BCUT2D eigenvalue weighted by molar-refractivity contribution is 5.55. The summed E-state index contributed by atoms with van der Waals surface area (Å²) < 4.78 is 19.6. The fourth-order valence-corrected chi connectivity index (χ4v) is 4.04. The van der Waals surface area contributed by atoms with Crippen molar-refractivity contribution >= 4 is 0 Å². The standard InChI is InChI=1S/C26H22N4O3/c1-16-8-6-7-11-21(16)31-15-19-12-13-22(32-19)24-20(14-27)25(28)33-26-23(24)17(2)29-30(26)18-9-4-3-5-10-18/h3-13,24H,15,28H2,1-2H3. The van der Waals surface area contributed by atoms with Gasteiger partial charge >= 0.3 is 0 Å². The van der Waals surface area contributed by atoms with E-state index >= 15 is 0 Å². The summed E-state index contributed by atoms with van der Waals surface area (Å²) in [6.45, 7) is 4.15. The normalized spacial score (nSPS) is 15.0. The van der Waals surface area contributed by atoms with E-state index in [0.717, 1.165) is 28.3 Å². The van der Waals surface area contributed by atoms with Crippen molar-refractivity contribution in [3.63, 3.8) is 0 Å². The number of nitriles is 1. The SMILES string of the molecule is Cc1ccccc1OCc1ccc(C2C(C#N)=C(N)Oc3c2c(C)nn3-c2ccccc2)o1. The molecule has 33 heavy (non-hydrogen) atoms. The van der Waals surface area contributed by atoms with Crippen LogP contribution in [0.4, 0.5) is 0 Å². The van der Waals surface area contributed by atoms with Gasteiger partial charge in [-0.2, -0.15) is 10.4 Å². The number of benzene rings is 2. The number of hydrogen-bond donors (Lipinski definition) is 1. The van der Waals surface area contributed by atoms with Crippen molar-refractivity contribution in [3.05, 3.63) is 107 Å². The minimum absolute atomic E-state index is 0.0428. The molecule has 0 spiro atoms. The van der Waals surface area contributed by atoms with Gasteiger partial charge in [0.25, 0.3) is 0 Å². The first-order valence-electron chi connectivity index (χ1n) is 10.6. The van der Waals surface area contributed by atoms with Crippen LogP contribution in [0.3, 0.4) is 0 Å². The number of fused-ring (bicyclic) bond motifs is 1. The lowest BCUT2D eigenvalue weighted by Crippen LogP contribution is -2.21. The molecule has 7 heteroatoms. The van der Waals surface area contributed by atoms with E-state index in [4.69, 9.17) is 19.6 Å². The van der Waals surface area contributed by atoms with Gasteiger partial charge in [0.15, 0.2) is 0 Å². The lowest BCUT2D eigenvalue weighted by Gasteiger charge is -2.23. The highest BCUT2D eigenvalue weighted by atomic mass is 16.5. The van der Waals surface area contributed by atoms with Crippen molar-refractivity contribution in [2.45, 2.75) is 26.4 Å². The van der Waals surface area contributed by atoms with E-state index in [-0.39, 0.29) is 12.5 Å². The topological polar surface area (TPSA) is 99.2 Å². The first-order chi connectivity index (χ1) is 16.1. The minimum atomic E-state index is -0.525. The number of allylic oxidation sites excluding steroid dienone is 1. The number of hydrogen-bond acceptors (Lipinski definition) is 6. The molecule has 1 aliphatic rings. The maximum atomic E-state index is 9.86. The molecular weight excluding hydrogens is 416 g/mol. The number of nitrogens with two attached hydrogens (primary N) is 1. The molecule has 2 aromatic carbocycles.